The lowest BCUT2D eigenvalue weighted by Crippen LogP contribution is -2.46. The Kier molecular flexibility index (Phi) is 4.64. The molecule has 0 aliphatic carbocycles. The summed E-state index contributed by atoms with van der Waals surface area (Å²) in [4.78, 5) is 26.0. The smallest absolute Gasteiger partial charge is 0.410 e. The summed E-state index contributed by atoms with van der Waals surface area (Å²) < 4.78 is 5.37. The molecule has 1 heterocycles. The van der Waals surface area contributed by atoms with Gasteiger partial charge in [-0.25, -0.2) is 4.79 Å². The van der Waals surface area contributed by atoms with Crippen LogP contribution in [0.3, 0.4) is 0 Å². The molecule has 0 saturated carbocycles. The number of carbonyl (C=O) groups excluding carboxylic acids is 2. The molecule has 19 heavy (non-hydrogen) atoms. The van der Waals surface area contributed by atoms with Gasteiger partial charge in [0, 0.05) is 24.4 Å². The van der Waals surface area contributed by atoms with Gasteiger partial charge in [0.1, 0.15) is 11.4 Å². The largest absolute Gasteiger partial charge is 0.444 e. The van der Waals surface area contributed by atoms with Gasteiger partial charge >= 0.3 is 6.09 Å². The van der Waals surface area contributed by atoms with Crippen LogP contribution in [0.25, 0.3) is 0 Å². The Bertz CT molecular complexity index is 349. The molecule has 0 spiro atoms. The van der Waals surface area contributed by atoms with E-state index < -0.39 is 5.60 Å². The minimum absolute atomic E-state index is 0.0544. The first-order valence-electron chi connectivity index (χ1n) is 7.03. The van der Waals surface area contributed by atoms with Crippen molar-refractivity contribution in [2.45, 2.75) is 60.0 Å². The second kappa shape index (κ2) is 5.51. The standard InChI is InChI=1S/C15H27NO3/c1-14(2,3)12(17)11-8-7-9-16(10-11)13(18)19-15(4,5)6/h11H,7-10H2,1-6H3. The van der Waals surface area contributed by atoms with Crippen molar-refractivity contribution in [2.75, 3.05) is 13.1 Å². The van der Waals surface area contributed by atoms with Crippen molar-refractivity contribution in [1.82, 2.24) is 4.90 Å². The fourth-order valence-electron chi connectivity index (χ4n) is 2.30. The van der Waals surface area contributed by atoms with Crippen molar-refractivity contribution in [3.05, 3.63) is 0 Å². The maximum atomic E-state index is 12.3. The zero-order valence-electron chi connectivity index (χ0n) is 13.1. The van der Waals surface area contributed by atoms with Crippen molar-refractivity contribution in [3.8, 4) is 0 Å². The van der Waals surface area contributed by atoms with E-state index in [2.05, 4.69) is 0 Å². The molecule has 1 rings (SSSR count). The SMILES string of the molecule is CC(C)(C)OC(=O)N1CCCC(C(=O)C(C)(C)C)C1. The highest BCUT2D eigenvalue weighted by Gasteiger charge is 2.35. The number of likely N-dealkylation sites (tertiary alicyclic amines) is 1. The highest BCUT2D eigenvalue weighted by atomic mass is 16.6. The van der Waals surface area contributed by atoms with E-state index in [4.69, 9.17) is 4.74 Å². The van der Waals surface area contributed by atoms with Crippen molar-refractivity contribution in [2.24, 2.45) is 11.3 Å². The molecule has 4 heteroatoms. The first-order valence-corrected chi connectivity index (χ1v) is 7.03. The van der Waals surface area contributed by atoms with Gasteiger partial charge in [-0.3, -0.25) is 4.79 Å². The van der Waals surface area contributed by atoms with Gasteiger partial charge in [-0.05, 0) is 33.6 Å². The van der Waals surface area contributed by atoms with Crippen LogP contribution in [0.1, 0.15) is 54.4 Å². The first-order chi connectivity index (χ1) is 8.50. The molecule has 0 bridgehead atoms. The number of amides is 1. The molecule has 0 aromatic heterocycles. The Labute approximate surface area is 116 Å². The van der Waals surface area contributed by atoms with Crippen LogP contribution >= 0.6 is 0 Å². The minimum Gasteiger partial charge on any atom is -0.444 e. The number of nitrogens with zero attached hydrogens (tertiary/aromatic N) is 1. The molecule has 1 amide bonds. The van der Waals surface area contributed by atoms with Crippen molar-refractivity contribution in [1.29, 1.82) is 0 Å². The second-order valence-corrected chi connectivity index (χ2v) is 7.38. The van der Waals surface area contributed by atoms with Gasteiger partial charge < -0.3 is 9.64 Å². The van der Waals surface area contributed by atoms with Crippen LogP contribution in [0.2, 0.25) is 0 Å². The quantitative estimate of drug-likeness (QED) is 0.734. The van der Waals surface area contributed by atoms with E-state index in [1.807, 2.05) is 41.5 Å². The van der Waals surface area contributed by atoms with Gasteiger partial charge in [0.05, 0.1) is 0 Å². The van der Waals surface area contributed by atoms with Crippen molar-refractivity contribution >= 4 is 11.9 Å². The van der Waals surface area contributed by atoms with Crippen LogP contribution in [0.15, 0.2) is 0 Å². The summed E-state index contributed by atoms with van der Waals surface area (Å²) in [5.41, 5.74) is -0.834. The van der Waals surface area contributed by atoms with E-state index in [0.717, 1.165) is 12.8 Å². The Morgan fingerprint density at radius 3 is 2.16 bits per heavy atom. The average Bonchev–Trinajstić information content (AvgIpc) is 2.24. The zero-order valence-corrected chi connectivity index (χ0v) is 13.1. The Morgan fingerprint density at radius 1 is 1.11 bits per heavy atom. The van der Waals surface area contributed by atoms with Crippen LogP contribution in [0.5, 0.6) is 0 Å². The van der Waals surface area contributed by atoms with E-state index in [1.165, 1.54) is 0 Å². The Morgan fingerprint density at radius 2 is 1.68 bits per heavy atom. The van der Waals surface area contributed by atoms with E-state index in [-0.39, 0.29) is 23.2 Å². The Balaban J connectivity index is 2.65. The minimum atomic E-state index is -0.488. The van der Waals surface area contributed by atoms with Gasteiger partial charge in [-0.15, -0.1) is 0 Å². The topological polar surface area (TPSA) is 46.6 Å². The molecular weight excluding hydrogens is 242 g/mol. The molecular formula is C15H27NO3. The number of hydrogen-bond acceptors (Lipinski definition) is 3. The highest BCUT2D eigenvalue weighted by molar-refractivity contribution is 5.86. The summed E-state index contributed by atoms with van der Waals surface area (Å²) in [6.07, 6.45) is 1.43. The van der Waals surface area contributed by atoms with E-state index >= 15 is 0 Å². The molecule has 1 aliphatic rings. The Hall–Kier alpha value is -1.06. The average molecular weight is 269 g/mol. The summed E-state index contributed by atoms with van der Waals surface area (Å²) in [5, 5.41) is 0. The molecule has 1 fully saturated rings. The molecule has 0 aromatic carbocycles. The van der Waals surface area contributed by atoms with Crippen LogP contribution in [0, 0.1) is 11.3 Å². The number of rotatable bonds is 1. The number of Topliss-reactive ketones (excluding diaryl/α,β-unsaturated/α-hetero) is 1. The van der Waals surface area contributed by atoms with Crippen LogP contribution < -0.4 is 0 Å². The third kappa shape index (κ3) is 4.84. The first kappa shape index (κ1) is 16.0. The number of hydrogen-bond donors (Lipinski definition) is 0. The molecule has 110 valence electrons. The predicted octanol–water partition coefficient (Wildman–Crippen LogP) is 3.25. The normalized spacial score (nSPS) is 21.2. The number of ether oxygens (including phenoxy) is 1. The van der Waals surface area contributed by atoms with Gasteiger partial charge in [-0.2, -0.15) is 0 Å². The number of piperidine rings is 1. The maximum Gasteiger partial charge on any atom is 0.410 e. The lowest BCUT2D eigenvalue weighted by molar-refractivity contribution is -0.132. The predicted molar refractivity (Wildman–Crippen MR) is 75.0 cm³/mol. The lowest BCUT2D eigenvalue weighted by Gasteiger charge is -2.35. The molecule has 1 aliphatic heterocycles. The van der Waals surface area contributed by atoms with Crippen molar-refractivity contribution in [3.63, 3.8) is 0 Å². The highest BCUT2D eigenvalue weighted by Crippen LogP contribution is 2.27. The second-order valence-electron chi connectivity index (χ2n) is 7.38. The van der Waals surface area contributed by atoms with Crippen LogP contribution in [-0.2, 0) is 9.53 Å². The van der Waals surface area contributed by atoms with Gasteiger partial charge in [0.2, 0.25) is 0 Å². The zero-order chi connectivity index (χ0) is 14.8. The van der Waals surface area contributed by atoms with Crippen LogP contribution in [-0.4, -0.2) is 35.5 Å². The summed E-state index contributed by atoms with van der Waals surface area (Å²) in [6.45, 7) is 12.5. The summed E-state index contributed by atoms with van der Waals surface area (Å²) in [5.74, 6) is 0.182. The molecule has 0 N–H and O–H groups in total. The third-order valence-corrected chi connectivity index (χ3v) is 3.18. The van der Waals surface area contributed by atoms with Gasteiger partial charge in [-0.1, -0.05) is 20.8 Å². The number of ketones is 1. The lowest BCUT2D eigenvalue weighted by atomic mass is 9.80. The van der Waals surface area contributed by atoms with Gasteiger partial charge in [0.25, 0.3) is 0 Å². The monoisotopic (exact) mass is 269 g/mol. The summed E-state index contributed by atoms with van der Waals surface area (Å²) in [7, 11) is 0. The number of carbonyl (C=O) groups is 2. The molecule has 1 saturated heterocycles. The van der Waals surface area contributed by atoms with E-state index in [1.54, 1.807) is 4.90 Å². The van der Waals surface area contributed by atoms with Crippen molar-refractivity contribution < 1.29 is 14.3 Å². The summed E-state index contributed by atoms with van der Waals surface area (Å²) >= 11 is 0. The fraction of sp³-hybridized carbons (Fsp3) is 0.867. The van der Waals surface area contributed by atoms with Gasteiger partial charge in [0.15, 0.2) is 0 Å². The molecule has 4 nitrogen and oxygen atoms in total. The maximum absolute atomic E-state index is 12.3. The van der Waals surface area contributed by atoms with E-state index in [9.17, 15) is 9.59 Å². The molecule has 0 radical (unpaired) electrons. The molecule has 1 unspecified atom stereocenters. The molecule has 1 atom stereocenters. The third-order valence-electron chi connectivity index (χ3n) is 3.18. The molecule has 0 aromatic rings. The van der Waals surface area contributed by atoms with E-state index in [0.29, 0.717) is 13.1 Å². The fourth-order valence-corrected chi connectivity index (χ4v) is 2.30. The van der Waals surface area contributed by atoms with Crippen LogP contribution in [0.4, 0.5) is 4.79 Å². The summed E-state index contributed by atoms with van der Waals surface area (Å²) in [6, 6.07) is 0.